The average molecular weight is 371 g/mol. The molecular weight excluding hydrogens is 350 g/mol. The molecule has 0 saturated carbocycles. The topological polar surface area (TPSA) is 84.2 Å². The lowest BCUT2D eigenvalue weighted by Crippen LogP contribution is -2.34. The highest BCUT2D eigenvalue weighted by molar-refractivity contribution is 7.18. The summed E-state index contributed by atoms with van der Waals surface area (Å²) in [5.74, 6) is 1.40. The molecule has 8 heteroatoms. The lowest BCUT2D eigenvalue weighted by Gasteiger charge is -2.22. The first kappa shape index (κ1) is 17.0. The highest BCUT2D eigenvalue weighted by atomic mass is 32.1. The minimum atomic E-state index is -0.163. The van der Waals surface area contributed by atoms with E-state index in [0.717, 1.165) is 33.8 Å². The van der Waals surface area contributed by atoms with Crippen LogP contribution in [0.15, 0.2) is 22.7 Å². The predicted octanol–water partition coefficient (Wildman–Crippen LogP) is 4.48. The Bertz CT molecular complexity index is 948. The maximum absolute atomic E-state index is 12.8. The van der Waals surface area contributed by atoms with E-state index < -0.39 is 0 Å². The van der Waals surface area contributed by atoms with Crippen LogP contribution in [0.25, 0.3) is 10.2 Å². The maximum Gasteiger partial charge on any atom is 0.322 e. The van der Waals surface area contributed by atoms with Crippen LogP contribution < -0.4 is 5.32 Å². The molecule has 1 aliphatic heterocycles. The van der Waals surface area contributed by atoms with E-state index in [1.54, 1.807) is 16.2 Å². The second-order valence-electron chi connectivity index (χ2n) is 6.84. The predicted molar refractivity (Wildman–Crippen MR) is 100 cm³/mol. The quantitative estimate of drug-likeness (QED) is 0.734. The molecule has 4 rings (SSSR count). The third-order valence-electron chi connectivity index (χ3n) is 4.52. The van der Waals surface area contributed by atoms with Crippen molar-refractivity contribution < 1.29 is 9.32 Å². The maximum atomic E-state index is 12.8. The SMILES string of the molecule is Cc1nc2ccc(NC(=O)N3CCCC3c3nc(C(C)C)no3)cc2s1. The molecule has 3 aromatic rings. The van der Waals surface area contributed by atoms with Gasteiger partial charge in [-0.15, -0.1) is 11.3 Å². The Kier molecular flexibility index (Phi) is 4.36. The van der Waals surface area contributed by atoms with Crippen LogP contribution in [-0.4, -0.2) is 32.6 Å². The number of urea groups is 1. The third kappa shape index (κ3) is 3.16. The first-order valence-electron chi connectivity index (χ1n) is 8.79. The summed E-state index contributed by atoms with van der Waals surface area (Å²) in [5.41, 5.74) is 1.72. The molecule has 7 nitrogen and oxygen atoms in total. The first-order chi connectivity index (χ1) is 12.5. The number of anilines is 1. The van der Waals surface area contributed by atoms with Gasteiger partial charge in [-0.2, -0.15) is 4.98 Å². The molecule has 1 atom stereocenters. The lowest BCUT2D eigenvalue weighted by molar-refractivity contribution is 0.193. The van der Waals surface area contributed by atoms with Gasteiger partial charge in [0.1, 0.15) is 6.04 Å². The van der Waals surface area contributed by atoms with E-state index in [1.165, 1.54) is 0 Å². The number of amides is 2. The van der Waals surface area contributed by atoms with Gasteiger partial charge in [-0.05, 0) is 38.0 Å². The van der Waals surface area contributed by atoms with Crippen molar-refractivity contribution in [1.82, 2.24) is 20.0 Å². The minimum Gasteiger partial charge on any atom is -0.337 e. The van der Waals surface area contributed by atoms with Gasteiger partial charge >= 0.3 is 6.03 Å². The molecule has 2 amide bonds. The summed E-state index contributed by atoms with van der Waals surface area (Å²) in [6.45, 7) is 6.70. The number of hydrogen-bond donors (Lipinski definition) is 1. The summed E-state index contributed by atoms with van der Waals surface area (Å²) in [6, 6.07) is 5.48. The molecule has 1 unspecified atom stereocenters. The molecule has 3 heterocycles. The van der Waals surface area contributed by atoms with Gasteiger partial charge < -0.3 is 14.7 Å². The fraction of sp³-hybridized carbons (Fsp3) is 0.444. The van der Waals surface area contributed by atoms with Gasteiger partial charge in [0.15, 0.2) is 5.82 Å². The van der Waals surface area contributed by atoms with Crippen molar-refractivity contribution in [2.24, 2.45) is 0 Å². The van der Waals surface area contributed by atoms with E-state index in [4.69, 9.17) is 4.52 Å². The number of nitrogens with one attached hydrogen (secondary N) is 1. The van der Waals surface area contributed by atoms with Crippen LogP contribution in [0.4, 0.5) is 10.5 Å². The highest BCUT2D eigenvalue weighted by Gasteiger charge is 2.34. The zero-order valence-electron chi connectivity index (χ0n) is 15.0. The molecule has 0 radical (unpaired) electrons. The lowest BCUT2D eigenvalue weighted by atomic mass is 10.2. The first-order valence-corrected chi connectivity index (χ1v) is 9.61. The Morgan fingerprint density at radius 1 is 1.38 bits per heavy atom. The molecule has 0 aliphatic carbocycles. The molecule has 1 fully saturated rings. The minimum absolute atomic E-state index is 0.141. The van der Waals surface area contributed by atoms with Gasteiger partial charge in [-0.1, -0.05) is 19.0 Å². The standard InChI is InChI=1S/C18H21N5O2S/c1-10(2)16-21-17(25-22-16)14-5-4-8-23(14)18(24)20-12-6-7-13-15(9-12)26-11(3)19-13/h6-7,9-10,14H,4-5,8H2,1-3H3,(H,20,24). The number of likely N-dealkylation sites (tertiary alicyclic amines) is 1. The number of hydrogen-bond acceptors (Lipinski definition) is 6. The fourth-order valence-corrected chi connectivity index (χ4v) is 4.06. The highest BCUT2D eigenvalue weighted by Crippen LogP contribution is 2.32. The second-order valence-corrected chi connectivity index (χ2v) is 8.08. The molecule has 26 heavy (non-hydrogen) atoms. The fourth-order valence-electron chi connectivity index (χ4n) is 3.20. The molecule has 0 bridgehead atoms. The third-order valence-corrected chi connectivity index (χ3v) is 5.45. The van der Waals surface area contributed by atoms with E-state index in [1.807, 2.05) is 39.0 Å². The van der Waals surface area contributed by atoms with E-state index >= 15 is 0 Å². The number of thiazole rings is 1. The Morgan fingerprint density at radius 3 is 3.00 bits per heavy atom. The normalized spacial score (nSPS) is 17.4. The molecule has 1 aromatic carbocycles. The molecule has 1 aliphatic rings. The summed E-state index contributed by atoms with van der Waals surface area (Å²) in [6.07, 6.45) is 1.75. The molecular formula is C18H21N5O2S. The van der Waals surface area contributed by atoms with E-state index in [2.05, 4.69) is 20.4 Å². The van der Waals surface area contributed by atoms with Crippen LogP contribution in [-0.2, 0) is 0 Å². The van der Waals surface area contributed by atoms with Crippen molar-refractivity contribution in [3.8, 4) is 0 Å². The summed E-state index contributed by atoms with van der Waals surface area (Å²) < 4.78 is 6.48. The van der Waals surface area contributed by atoms with Gasteiger partial charge in [0.25, 0.3) is 0 Å². The van der Waals surface area contributed by atoms with Gasteiger partial charge in [-0.3, -0.25) is 0 Å². The van der Waals surface area contributed by atoms with Crippen LogP contribution in [0.2, 0.25) is 0 Å². The zero-order valence-corrected chi connectivity index (χ0v) is 15.8. The number of carbonyl (C=O) groups is 1. The van der Waals surface area contributed by atoms with E-state index in [-0.39, 0.29) is 18.0 Å². The van der Waals surface area contributed by atoms with Crippen molar-refractivity contribution in [1.29, 1.82) is 0 Å². The molecule has 1 saturated heterocycles. The second kappa shape index (κ2) is 6.68. The molecule has 0 spiro atoms. The summed E-state index contributed by atoms with van der Waals surface area (Å²) in [7, 11) is 0. The largest absolute Gasteiger partial charge is 0.337 e. The van der Waals surface area contributed by atoms with Crippen molar-refractivity contribution >= 4 is 33.3 Å². The summed E-state index contributed by atoms with van der Waals surface area (Å²) in [4.78, 5) is 23.5. The number of aryl methyl sites for hydroxylation is 1. The van der Waals surface area contributed by atoms with Crippen molar-refractivity contribution in [3.05, 3.63) is 34.9 Å². The van der Waals surface area contributed by atoms with Gasteiger partial charge in [-0.25, -0.2) is 9.78 Å². The average Bonchev–Trinajstić information content (AvgIpc) is 3.32. The van der Waals surface area contributed by atoms with Crippen LogP contribution in [0.5, 0.6) is 0 Å². The number of fused-ring (bicyclic) bond motifs is 1. The number of rotatable bonds is 3. The van der Waals surface area contributed by atoms with Gasteiger partial charge in [0, 0.05) is 18.2 Å². The molecule has 1 N–H and O–H groups in total. The summed E-state index contributed by atoms with van der Waals surface area (Å²) >= 11 is 1.62. The van der Waals surface area contributed by atoms with Crippen LogP contribution in [0.1, 0.15) is 55.4 Å². The number of nitrogens with zero attached hydrogens (tertiary/aromatic N) is 4. The Hall–Kier alpha value is -2.48. The van der Waals surface area contributed by atoms with Crippen LogP contribution in [0, 0.1) is 6.92 Å². The summed E-state index contributed by atoms with van der Waals surface area (Å²) in [5, 5.41) is 8.03. The number of carbonyl (C=O) groups excluding carboxylic acids is 1. The number of aromatic nitrogens is 3. The van der Waals surface area contributed by atoms with Gasteiger partial charge in [0.2, 0.25) is 5.89 Å². The number of benzene rings is 1. The van der Waals surface area contributed by atoms with Crippen LogP contribution >= 0.6 is 11.3 Å². The van der Waals surface area contributed by atoms with Crippen LogP contribution in [0.3, 0.4) is 0 Å². The van der Waals surface area contributed by atoms with Crippen molar-refractivity contribution in [2.75, 3.05) is 11.9 Å². The van der Waals surface area contributed by atoms with Gasteiger partial charge in [0.05, 0.1) is 15.2 Å². The van der Waals surface area contributed by atoms with E-state index in [0.29, 0.717) is 18.3 Å². The Labute approximate surface area is 155 Å². The van der Waals surface area contributed by atoms with Crippen molar-refractivity contribution in [3.63, 3.8) is 0 Å². The Balaban J connectivity index is 1.51. The Morgan fingerprint density at radius 2 is 2.23 bits per heavy atom. The van der Waals surface area contributed by atoms with Crippen molar-refractivity contribution in [2.45, 2.75) is 45.6 Å². The zero-order chi connectivity index (χ0) is 18.3. The van der Waals surface area contributed by atoms with E-state index in [9.17, 15) is 4.79 Å². The molecule has 136 valence electrons. The monoisotopic (exact) mass is 371 g/mol. The molecule has 2 aromatic heterocycles. The smallest absolute Gasteiger partial charge is 0.322 e.